The Bertz CT molecular complexity index is 1030. The number of nitrogens with zero attached hydrogens (tertiary/aromatic N) is 3. The predicted molar refractivity (Wildman–Crippen MR) is 143 cm³/mol. The number of carbonyl (C=O) groups excluding carboxylic acids is 1. The van der Waals surface area contributed by atoms with Crippen LogP contribution < -0.4 is 35.0 Å². The average Bonchev–Trinajstić information content (AvgIpc) is 2.85. The van der Waals surface area contributed by atoms with Gasteiger partial charge in [-0.3, -0.25) is 4.79 Å². The topological polar surface area (TPSA) is 114 Å². The predicted octanol–water partition coefficient (Wildman–Crippen LogP) is 2.61. The molecule has 0 bridgehead atoms. The van der Waals surface area contributed by atoms with Crippen LogP contribution in [0.5, 0.6) is 0 Å². The number of fused-ring (bicyclic) bond motifs is 3. The standard InChI is InChI=1S/C27H42N4O4S.Na/c1-2-3-4-5-6-7-8-9-10-11-12-13-14-15-20-24(36(33,34)35)27-29-23-19-17-16-18-22(23)26-30-25(32)21-28-31(26)27;/h16-19,24,28H,2-15,20-21H2,1H3,(H,33,34,35);/q;+1/p-1. The van der Waals surface area contributed by atoms with E-state index in [9.17, 15) is 17.8 Å². The van der Waals surface area contributed by atoms with Crippen molar-refractivity contribution in [2.45, 2.75) is 108 Å². The third-order valence-electron chi connectivity index (χ3n) is 6.90. The van der Waals surface area contributed by atoms with E-state index < -0.39 is 15.4 Å². The van der Waals surface area contributed by atoms with Crippen LogP contribution in [0.25, 0.3) is 0 Å². The van der Waals surface area contributed by atoms with Crippen molar-refractivity contribution in [1.82, 2.24) is 10.4 Å². The van der Waals surface area contributed by atoms with Gasteiger partial charge in [0.15, 0.2) is 5.84 Å². The first-order valence-corrected chi connectivity index (χ1v) is 15.2. The van der Waals surface area contributed by atoms with Crippen molar-refractivity contribution in [2.75, 3.05) is 6.54 Å². The zero-order valence-electron chi connectivity index (χ0n) is 22.6. The number of benzene rings is 1. The number of hydrazine groups is 1. The number of carbonyl (C=O) groups is 1. The molecule has 0 radical (unpaired) electrons. The minimum atomic E-state index is -4.65. The first-order chi connectivity index (χ1) is 17.4. The van der Waals surface area contributed by atoms with E-state index in [1.807, 2.05) is 0 Å². The molecule has 37 heavy (non-hydrogen) atoms. The molecule has 3 rings (SSSR count). The Balaban J connectivity index is 0.00000481. The van der Waals surface area contributed by atoms with Crippen LogP contribution in [0.4, 0.5) is 5.69 Å². The fourth-order valence-electron chi connectivity index (χ4n) is 4.88. The average molecular weight is 541 g/mol. The van der Waals surface area contributed by atoms with Crippen molar-refractivity contribution in [1.29, 1.82) is 0 Å². The van der Waals surface area contributed by atoms with Crippen molar-refractivity contribution in [3.05, 3.63) is 29.8 Å². The third kappa shape index (κ3) is 10.2. The van der Waals surface area contributed by atoms with Gasteiger partial charge in [0.05, 0.1) is 12.2 Å². The number of nitrogens with one attached hydrogen (secondary N) is 1. The second-order valence-electron chi connectivity index (χ2n) is 9.85. The number of hydrogen-bond acceptors (Lipinski definition) is 7. The summed E-state index contributed by atoms with van der Waals surface area (Å²) < 4.78 is 36.7. The molecule has 0 saturated carbocycles. The zero-order valence-corrected chi connectivity index (χ0v) is 25.4. The van der Waals surface area contributed by atoms with Gasteiger partial charge in [-0.15, -0.1) is 0 Å². The maximum Gasteiger partial charge on any atom is 1.00 e. The summed E-state index contributed by atoms with van der Waals surface area (Å²) in [4.78, 5) is 20.5. The third-order valence-corrected chi connectivity index (χ3v) is 8.04. The van der Waals surface area contributed by atoms with E-state index in [2.05, 4.69) is 22.3 Å². The number of aliphatic imine (C=N–C) groups is 2. The summed E-state index contributed by atoms with van der Waals surface area (Å²) in [6.45, 7) is 2.17. The summed E-state index contributed by atoms with van der Waals surface area (Å²) >= 11 is 0. The summed E-state index contributed by atoms with van der Waals surface area (Å²) in [5.74, 6) is 0.0388. The molecular weight excluding hydrogens is 499 g/mol. The van der Waals surface area contributed by atoms with Crippen molar-refractivity contribution < 1.29 is 47.3 Å². The van der Waals surface area contributed by atoms with Crippen molar-refractivity contribution in [2.24, 2.45) is 9.98 Å². The Morgan fingerprint density at radius 1 is 0.892 bits per heavy atom. The molecule has 8 nitrogen and oxygen atoms in total. The van der Waals surface area contributed by atoms with Gasteiger partial charge in [-0.1, -0.05) is 109 Å². The zero-order chi connectivity index (χ0) is 25.8. The second-order valence-corrected chi connectivity index (χ2v) is 11.4. The Morgan fingerprint density at radius 3 is 2.00 bits per heavy atom. The van der Waals surface area contributed by atoms with E-state index in [-0.39, 0.29) is 54.3 Å². The SMILES string of the molecule is CCCCCCCCCCCCCCCCC(C1=Nc2ccccc2C2=NC(=O)CNN21)S(=O)(=O)[O-].[Na+]. The van der Waals surface area contributed by atoms with Crippen LogP contribution in [0.3, 0.4) is 0 Å². The van der Waals surface area contributed by atoms with E-state index >= 15 is 0 Å². The molecule has 1 atom stereocenters. The van der Waals surface area contributed by atoms with Gasteiger partial charge in [-0.25, -0.2) is 23.8 Å². The quantitative estimate of drug-likeness (QED) is 0.185. The van der Waals surface area contributed by atoms with Gasteiger partial charge < -0.3 is 4.55 Å². The maximum absolute atomic E-state index is 12.2. The number of rotatable bonds is 17. The molecule has 0 fully saturated rings. The van der Waals surface area contributed by atoms with Crippen LogP contribution in [-0.2, 0) is 14.9 Å². The van der Waals surface area contributed by atoms with E-state index in [4.69, 9.17) is 0 Å². The number of para-hydroxylation sites is 1. The van der Waals surface area contributed by atoms with Gasteiger partial charge in [0, 0.05) is 5.56 Å². The molecule has 2 heterocycles. The molecule has 2 aliphatic rings. The van der Waals surface area contributed by atoms with Crippen molar-refractivity contribution in [3.63, 3.8) is 0 Å². The minimum absolute atomic E-state index is 0. The van der Waals surface area contributed by atoms with E-state index in [1.54, 1.807) is 24.3 Å². The van der Waals surface area contributed by atoms with Crippen LogP contribution in [0.15, 0.2) is 34.3 Å². The van der Waals surface area contributed by atoms with Crippen LogP contribution >= 0.6 is 0 Å². The number of amides is 1. The number of hydrogen-bond donors (Lipinski definition) is 1. The molecule has 1 amide bonds. The monoisotopic (exact) mass is 540 g/mol. The Morgan fingerprint density at radius 2 is 1.43 bits per heavy atom. The van der Waals surface area contributed by atoms with Crippen LogP contribution in [0.1, 0.15) is 109 Å². The molecule has 1 N–H and O–H groups in total. The minimum Gasteiger partial charge on any atom is -0.747 e. The van der Waals surface area contributed by atoms with Gasteiger partial charge >= 0.3 is 29.6 Å². The fraction of sp³-hybridized carbons (Fsp3) is 0.667. The Kier molecular flexibility index (Phi) is 14.6. The molecule has 1 aromatic carbocycles. The fourth-order valence-corrected chi connectivity index (χ4v) is 5.75. The first kappa shape index (κ1) is 32.1. The van der Waals surface area contributed by atoms with Crippen LogP contribution in [0.2, 0.25) is 0 Å². The molecule has 1 aromatic rings. The Labute approximate surface area is 244 Å². The van der Waals surface area contributed by atoms with E-state index in [0.717, 1.165) is 19.3 Å². The molecule has 0 spiro atoms. The van der Waals surface area contributed by atoms with Gasteiger partial charge in [0.25, 0.3) is 5.91 Å². The Hall–Kier alpha value is -1.10. The maximum atomic E-state index is 12.2. The summed E-state index contributed by atoms with van der Waals surface area (Å²) in [6, 6.07) is 7.09. The molecular formula is C27H41N4NaO4S. The van der Waals surface area contributed by atoms with Crippen molar-refractivity contribution >= 4 is 33.4 Å². The summed E-state index contributed by atoms with van der Waals surface area (Å²) in [6.07, 6.45) is 17.0. The molecule has 10 heteroatoms. The van der Waals surface area contributed by atoms with Gasteiger partial charge in [-0.05, 0) is 18.6 Å². The van der Waals surface area contributed by atoms with E-state index in [0.29, 0.717) is 23.5 Å². The normalized spacial score (nSPS) is 15.8. The molecule has 200 valence electrons. The van der Waals surface area contributed by atoms with Crippen molar-refractivity contribution in [3.8, 4) is 0 Å². The largest absolute Gasteiger partial charge is 1.00 e. The van der Waals surface area contributed by atoms with Gasteiger partial charge in [0.1, 0.15) is 21.2 Å². The molecule has 2 aliphatic heterocycles. The number of unbranched alkanes of at least 4 members (excludes halogenated alkanes) is 13. The smallest absolute Gasteiger partial charge is 0.747 e. The molecule has 0 saturated heterocycles. The molecule has 0 aromatic heterocycles. The summed E-state index contributed by atoms with van der Waals surface area (Å²) in [7, 11) is -4.65. The second kappa shape index (κ2) is 16.8. The summed E-state index contributed by atoms with van der Waals surface area (Å²) in [5, 5.41) is 0.113. The van der Waals surface area contributed by atoms with Gasteiger partial charge in [0.2, 0.25) is 0 Å². The van der Waals surface area contributed by atoms with Crippen LogP contribution in [-0.4, -0.2) is 47.4 Å². The first-order valence-electron chi connectivity index (χ1n) is 13.7. The van der Waals surface area contributed by atoms with Gasteiger partial charge in [-0.2, -0.15) is 4.99 Å². The van der Waals surface area contributed by atoms with E-state index in [1.165, 1.54) is 69.2 Å². The number of amidine groups is 2. The van der Waals surface area contributed by atoms with Crippen LogP contribution in [0, 0.1) is 0 Å². The summed E-state index contributed by atoms with van der Waals surface area (Å²) in [5.41, 5.74) is 4.02. The molecule has 0 aliphatic carbocycles. The molecule has 1 unspecified atom stereocenters.